The van der Waals surface area contributed by atoms with Gasteiger partial charge in [0, 0.05) is 33.1 Å². The van der Waals surface area contributed by atoms with E-state index in [-0.39, 0.29) is 11.1 Å². The Kier molecular flexibility index (Phi) is 7.14. The van der Waals surface area contributed by atoms with Gasteiger partial charge in [-0.1, -0.05) is 28.4 Å². The maximum absolute atomic E-state index is 14.0. The van der Waals surface area contributed by atoms with E-state index in [4.69, 9.17) is 32.5 Å². The van der Waals surface area contributed by atoms with Crippen LogP contribution in [0.25, 0.3) is 22.6 Å². The minimum Gasteiger partial charge on any atom is -0.497 e. The second-order valence-corrected chi connectivity index (χ2v) is 10.7. The van der Waals surface area contributed by atoms with Crippen molar-refractivity contribution in [2.75, 3.05) is 7.11 Å². The van der Waals surface area contributed by atoms with E-state index in [1.165, 1.54) is 9.36 Å². The Morgan fingerprint density at radius 2 is 1.24 bits per heavy atom. The van der Waals surface area contributed by atoms with E-state index in [1.54, 1.807) is 75.6 Å². The first-order valence-electron chi connectivity index (χ1n) is 13.0. The van der Waals surface area contributed by atoms with E-state index in [9.17, 15) is 9.59 Å². The van der Waals surface area contributed by atoms with Crippen LogP contribution in [0.1, 0.15) is 34.2 Å². The van der Waals surface area contributed by atoms with Gasteiger partial charge in [0.1, 0.15) is 17.2 Å². The van der Waals surface area contributed by atoms with E-state index in [1.807, 2.05) is 24.3 Å². The monoisotopic (exact) mass is 601 g/mol. The van der Waals surface area contributed by atoms with Crippen LogP contribution in [0.15, 0.2) is 93.0 Å². The molecule has 0 amide bonds. The quantitative estimate of drug-likeness (QED) is 0.219. The molecule has 0 aliphatic rings. The second-order valence-electron chi connectivity index (χ2n) is 9.81. The van der Waals surface area contributed by atoms with Crippen molar-refractivity contribution in [3.8, 4) is 28.4 Å². The average molecular weight is 602 g/mol. The number of aryl methyl sites for hydroxylation is 2. The summed E-state index contributed by atoms with van der Waals surface area (Å²) in [6, 6.07) is 22.9. The van der Waals surface area contributed by atoms with Gasteiger partial charge in [-0.25, -0.2) is 9.36 Å². The lowest BCUT2D eigenvalue weighted by Crippen LogP contribution is -2.25. The smallest absolute Gasteiger partial charge is 0.275 e. The number of aromatic nitrogens is 5. The third-order valence-corrected chi connectivity index (χ3v) is 7.68. The zero-order valence-corrected chi connectivity index (χ0v) is 24.3. The highest BCUT2D eigenvalue weighted by Gasteiger charge is 2.34. The van der Waals surface area contributed by atoms with Crippen LogP contribution in [0.4, 0.5) is 0 Å². The van der Waals surface area contributed by atoms with Gasteiger partial charge < -0.3 is 9.26 Å². The molecule has 3 aromatic carbocycles. The van der Waals surface area contributed by atoms with Gasteiger partial charge in [-0.3, -0.25) is 19.8 Å². The molecule has 0 radical (unpaired) electrons. The molecule has 2 N–H and O–H groups in total. The maximum Gasteiger partial charge on any atom is 0.275 e. The number of benzene rings is 3. The molecule has 6 aromatic rings. The second kappa shape index (κ2) is 10.9. The van der Waals surface area contributed by atoms with Gasteiger partial charge in [-0.05, 0) is 86.6 Å². The van der Waals surface area contributed by atoms with E-state index < -0.39 is 5.92 Å². The Balaban J connectivity index is 1.55. The van der Waals surface area contributed by atoms with Crippen molar-refractivity contribution in [3.63, 3.8) is 0 Å². The molecule has 0 aliphatic heterocycles. The van der Waals surface area contributed by atoms with Crippen molar-refractivity contribution in [1.29, 1.82) is 0 Å². The first kappa shape index (κ1) is 27.4. The summed E-state index contributed by atoms with van der Waals surface area (Å²) in [6.45, 7) is 3.58. The van der Waals surface area contributed by atoms with Gasteiger partial charge in [0.15, 0.2) is 0 Å². The molecule has 0 saturated heterocycles. The van der Waals surface area contributed by atoms with Crippen LogP contribution in [0.3, 0.4) is 0 Å². The van der Waals surface area contributed by atoms with Crippen LogP contribution in [-0.4, -0.2) is 31.8 Å². The van der Waals surface area contributed by atoms with Crippen LogP contribution in [-0.2, 0) is 0 Å². The Bertz CT molecular complexity index is 1890. The summed E-state index contributed by atoms with van der Waals surface area (Å²) >= 11 is 12.2. The average Bonchev–Trinajstić information content (AvgIpc) is 3.68. The fourth-order valence-corrected chi connectivity index (χ4v) is 5.35. The standard InChI is InChI=1S/C31H25Cl2N5O4/c1-17-27(30(39)37(34-17)22-10-6-20(32)7-11-22)29(26-16-25(36-42-26)19-4-14-24(41-3)15-5-19)28-18(2)35-38(31(28)40)23-12-8-21(33)9-13-23/h4-16,29,34-35H,1-3H3. The Morgan fingerprint density at radius 1 is 0.762 bits per heavy atom. The molecule has 0 aliphatic carbocycles. The number of methoxy groups -OCH3 is 1. The topological polar surface area (TPSA) is 111 Å². The number of ether oxygens (including phenoxy) is 1. The lowest BCUT2D eigenvalue weighted by atomic mass is 9.89. The number of rotatable bonds is 7. The minimum atomic E-state index is -0.876. The van der Waals surface area contributed by atoms with Gasteiger partial charge in [0.25, 0.3) is 11.1 Å². The van der Waals surface area contributed by atoms with Gasteiger partial charge in [-0.2, -0.15) is 0 Å². The van der Waals surface area contributed by atoms with Crippen LogP contribution in [0, 0.1) is 13.8 Å². The third kappa shape index (κ3) is 4.87. The zero-order chi connectivity index (χ0) is 29.5. The predicted octanol–water partition coefficient (Wildman–Crippen LogP) is 6.41. The maximum atomic E-state index is 14.0. The SMILES string of the molecule is COc1ccc(-c2cc(C(c3c(C)[nH]n(-c4ccc(Cl)cc4)c3=O)c3c(C)[nH]n(-c4ccc(Cl)cc4)c3=O)on2)cc1. The van der Waals surface area contributed by atoms with Crippen LogP contribution >= 0.6 is 23.2 Å². The number of halogens is 2. The molecular formula is C31H25Cl2N5O4. The van der Waals surface area contributed by atoms with Gasteiger partial charge in [0.05, 0.1) is 35.5 Å². The summed E-state index contributed by atoms with van der Waals surface area (Å²) in [6.07, 6.45) is 0. The lowest BCUT2D eigenvalue weighted by Gasteiger charge is -2.11. The van der Waals surface area contributed by atoms with E-state index >= 15 is 0 Å². The summed E-state index contributed by atoms with van der Waals surface area (Å²) in [5, 5.41) is 11.7. The normalized spacial score (nSPS) is 11.4. The Morgan fingerprint density at radius 3 is 1.69 bits per heavy atom. The number of hydrogen-bond donors (Lipinski definition) is 2. The van der Waals surface area contributed by atoms with Crippen molar-refractivity contribution in [1.82, 2.24) is 24.7 Å². The molecule has 3 heterocycles. The van der Waals surface area contributed by atoms with Gasteiger partial charge >= 0.3 is 0 Å². The minimum absolute atomic E-state index is 0.333. The van der Waals surface area contributed by atoms with E-state index in [0.717, 1.165) is 5.56 Å². The highest BCUT2D eigenvalue weighted by Crippen LogP contribution is 2.35. The highest BCUT2D eigenvalue weighted by atomic mass is 35.5. The molecule has 42 heavy (non-hydrogen) atoms. The predicted molar refractivity (Wildman–Crippen MR) is 162 cm³/mol. The molecule has 212 valence electrons. The van der Waals surface area contributed by atoms with Crippen molar-refractivity contribution >= 4 is 23.2 Å². The summed E-state index contributed by atoms with van der Waals surface area (Å²) < 4.78 is 14.0. The molecule has 0 fully saturated rings. The highest BCUT2D eigenvalue weighted by molar-refractivity contribution is 6.30. The number of H-pyrrole nitrogens is 2. The van der Waals surface area contributed by atoms with Crippen LogP contribution < -0.4 is 15.9 Å². The van der Waals surface area contributed by atoms with Gasteiger partial charge in [-0.15, -0.1) is 0 Å². The summed E-state index contributed by atoms with van der Waals surface area (Å²) in [4.78, 5) is 28.1. The van der Waals surface area contributed by atoms with Gasteiger partial charge in [0.2, 0.25) is 0 Å². The number of nitrogens with one attached hydrogen (secondary N) is 2. The summed E-state index contributed by atoms with van der Waals surface area (Å²) in [5.41, 5.74) is 3.71. The Labute approximate surface area is 249 Å². The molecule has 6 rings (SSSR count). The number of aromatic amines is 2. The molecule has 0 unspecified atom stereocenters. The van der Waals surface area contributed by atoms with E-state index in [0.29, 0.717) is 61.1 Å². The fraction of sp³-hybridized carbons (Fsp3) is 0.129. The fourth-order valence-electron chi connectivity index (χ4n) is 5.10. The Hall–Kier alpha value is -4.73. The number of nitrogens with zero attached hydrogens (tertiary/aromatic N) is 3. The van der Waals surface area contributed by atoms with E-state index in [2.05, 4.69) is 15.4 Å². The molecule has 9 nitrogen and oxygen atoms in total. The molecule has 0 saturated carbocycles. The van der Waals surface area contributed by atoms with Crippen molar-refractivity contribution in [2.45, 2.75) is 19.8 Å². The largest absolute Gasteiger partial charge is 0.497 e. The van der Waals surface area contributed by atoms with Crippen molar-refractivity contribution in [3.05, 3.63) is 138 Å². The van der Waals surface area contributed by atoms with Crippen molar-refractivity contribution < 1.29 is 9.26 Å². The van der Waals surface area contributed by atoms with Crippen LogP contribution in [0.5, 0.6) is 5.75 Å². The summed E-state index contributed by atoms with van der Waals surface area (Å²) in [7, 11) is 1.60. The molecule has 11 heteroatoms. The zero-order valence-electron chi connectivity index (χ0n) is 22.8. The lowest BCUT2D eigenvalue weighted by molar-refractivity contribution is 0.381. The molecule has 3 aromatic heterocycles. The third-order valence-electron chi connectivity index (χ3n) is 7.18. The first-order chi connectivity index (χ1) is 20.2. The summed E-state index contributed by atoms with van der Waals surface area (Å²) in [5.74, 6) is 0.168. The molecule has 0 atom stereocenters. The molecule has 0 spiro atoms. The first-order valence-corrected chi connectivity index (χ1v) is 13.8. The number of hydrogen-bond acceptors (Lipinski definition) is 5. The van der Waals surface area contributed by atoms with Crippen LogP contribution in [0.2, 0.25) is 10.0 Å². The molecule has 0 bridgehead atoms. The van der Waals surface area contributed by atoms with Crippen molar-refractivity contribution in [2.24, 2.45) is 0 Å². The molecular weight excluding hydrogens is 577 g/mol.